The standard InChI is InChI=1S/C35H37N3O4/c1-39-34-11-4-8-30(22-34)25-37(24-29-7-3-10-33(21-29)38-18-6-17-36-38)32-15-13-28(14-16-32)26-41-19-20-42-27-31-9-5-12-35(23-31)40-2/h3-18,21-23H,19-20,24-27H2,1-2H3. The van der Waals surface area contributed by atoms with E-state index < -0.39 is 0 Å². The lowest BCUT2D eigenvalue weighted by Gasteiger charge is -2.26. The van der Waals surface area contributed by atoms with E-state index in [2.05, 4.69) is 70.7 Å². The molecule has 0 unspecified atom stereocenters. The maximum atomic E-state index is 5.88. The van der Waals surface area contributed by atoms with E-state index in [1.807, 2.05) is 53.3 Å². The topological polar surface area (TPSA) is 58.0 Å². The monoisotopic (exact) mass is 563 g/mol. The van der Waals surface area contributed by atoms with Gasteiger partial charge in [0, 0.05) is 31.2 Å². The predicted molar refractivity (Wildman–Crippen MR) is 165 cm³/mol. The molecule has 0 atom stereocenters. The maximum absolute atomic E-state index is 5.88. The van der Waals surface area contributed by atoms with Crippen LogP contribution in [0.4, 0.5) is 5.69 Å². The van der Waals surface area contributed by atoms with E-state index in [4.69, 9.17) is 18.9 Å². The first-order valence-corrected chi connectivity index (χ1v) is 14.0. The number of aromatic nitrogens is 2. The highest BCUT2D eigenvalue weighted by atomic mass is 16.5. The van der Waals surface area contributed by atoms with Crippen molar-refractivity contribution in [2.24, 2.45) is 0 Å². The summed E-state index contributed by atoms with van der Waals surface area (Å²) >= 11 is 0. The van der Waals surface area contributed by atoms with Crippen LogP contribution in [0.1, 0.15) is 22.3 Å². The molecule has 0 aliphatic heterocycles. The van der Waals surface area contributed by atoms with Gasteiger partial charge in [0.05, 0.1) is 46.3 Å². The lowest BCUT2D eigenvalue weighted by molar-refractivity contribution is 0.0338. The van der Waals surface area contributed by atoms with Crippen molar-refractivity contribution in [1.82, 2.24) is 9.78 Å². The fourth-order valence-electron chi connectivity index (χ4n) is 4.73. The van der Waals surface area contributed by atoms with Crippen LogP contribution in [-0.4, -0.2) is 37.2 Å². The summed E-state index contributed by atoms with van der Waals surface area (Å²) in [6.07, 6.45) is 3.75. The van der Waals surface area contributed by atoms with Gasteiger partial charge in [-0.1, -0.05) is 48.5 Å². The third-order valence-corrected chi connectivity index (χ3v) is 6.91. The highest BCUT2D eigenvalue weighted by Gasteiger charge is 2.11. The summed E-state index contributed by atoms with van der Waals surface area (Å²) in [5.41, 5.74) is 6.75. The smallest absolute Gasteiger partial charge is 0.119 e. The van der Waals surface area contributed by atoms with Crippen molar-refractivity contribution in [2.75, 3.05) is 32.3 Å². The molecule has 0 amide bonds. The molecule has 216 valence electrons. The largest absolute Gasteiger partial charge is 0.497 e. The molecule has 1 aromatic heterocycles. The number of hydrogen-bond donors (Lipinski definition) is 0. The lowest BCUT2D eigenvalue weighted by Crippen LogP contribution is -2.22. The average Bonchev–Trinajstić information content (AvgIpc) is 3.59. The van der Waals surface area contributed by atoms with Crippen LogP contribution in [0.15, 0.2) is 116 Å². The second-order valence-corrected chi connectivity index (χ2v) is 9.95. The first kappa shape index (κ1) is 28.9. The molecule has 0 spiro atoms. The molecule has 0 saturated heterocycles. The number of methoxy groups -OCH3 is 2. The van der Waals surface area contributed by atoms with E-state index in [1.165, 1.54) is 11.1 Å². The number of nitrogens with zero attached hydrogens (tertiary/aromatic N) is 3. The van der Waals surface area contributed by atoms with E-state index >= 15 is 0 Å². The molecule has 7 heteroatoms. The van der Waals surface area contributed by atoms with Gasteiger partial charge < -0.3 is 23.8 Å². The van der Waals surface area contributed by atoms with Crippen LogP contribution < -0.4 is 14.4 Å². The van der Waals surface area contributed by atoms with Crippen LogP contribution in [0.25, 0.3) is 5.69 Å². The van der Waals surface area contributed by atoms with Gasteiger partial charge in [0.15, 0.2) is 0 Å². The highest BCUT2D eigenvalue weighted by Crippen LogP contribution is 2.24. The summed E-state index contributed by atoms with van der Waals surface area (Å²) in [5, 5.41) is 4.39. The van der Waals surface area contributed by atoms with Crippen molar-refractivity contribution in [3.05, 3.63) is 138 Å². The third kappa shape index (κ3) is 8.22. The van der Waals surface area contributed by atoms with Crippen molar-refractivity contribution >= 4 is 5.69 Å². The number of hydrogen-bond acceptors (Lipinski definition) is 6. The molecule has 0 radical (unpaired) electrons. The number of anilines is 1. The van der Waals surface area contributed by atoms with Gasteiger partial charge in [-0.15, -0.1) is 0 Å². The van der Waals surface area contributed by atoms with Crippen molar-refractivity contribution in [2.45, 2.75) is 26.3 Å². The minimum atomic E-state index is 0.528. The molecular weight excluding hydrogens is 526 g/mol. The molecule has 0 N–H and O–H groups in total. The predicted octanol–water partition coefficient (Wildman–Crippen LogP) is 6.83. The van der Waals surface area contributed by atoms with Gasteiger partial charge in [-0.3, -0.25) is 0 Å². The van der Waals surface area contributed by atoms with E-state index in [0.717, 1.165) is 47.1 Å². The number of ether oxygens (including phenoxy) is 4. The van der Waals surface area contributed by atoms with Crippen LogP contribution >= 0.6 is 0 Å². The minimum Gasteiger partial charge on any atom is -0.497 e. The quantitative estimate of drug-likeness (QED) is 0.130. The Bertz CT molecular complexity index is 1520. The Balaban J connectivity index is 1.20. The maximum Gasteiger partial charge on any atom is 0.119 e. The third-order valence-electron chi connectivity index (χ3n) is 6.91. The van der Waals surface area contributed by atoms with Gasteiger partial charge in [0.1, 0.15) is 11.5 Å². The van der Waals surface area contributed by atoms with Crippen LogP contribution in [0.2, 0.25) is 0 Å². The molecule has 0 aliphatic rings. The summed E-state index contributed by atoms with van der Waals surface area (Å²) in [4.78, 5) is 2.37. The Morgan fingerprint density at radius 3 is 1.86 bits per heavy atom. The van der Waals surface area contributed by atoms with Crippen LogP contribution in [0.3, 0.4) is 0 Å². The van der Waals surface area contributed by atoms with Crippen molar-refractivity contribution < 1.29 is 18.9 Å². The summed E-state index contributed by atoms with van der Waals surface area (Å²) < 4.78 is 24.3. The van der Waals surface area contributed by atoms with E-state index in [9.17, 15) is 0 Å². The summed E-state index contributed by atoms with van der Waals surface area (Å²) in [6.45, 7) is 3.60. The Hall–Kier alpha value is -4.59. The molecule has 1 heterocycles. The molecule has 5 rings (SSSR count). The molecule has 7 nitrogen and oxygen atoms in total. The van der Waals surface area contributed by atoms with Gasteiger partial charge in [0.25, 0.3) is 0 Å². The van der Waals surface area contributed by atoms with E-state index in [0.29, 0.717) is 26.4 Å². The van der Waals surface area contributed by atoms with Crippen molar-refractivity contribution in [3.8, 4) is 17.2 Å². The van der Waals surface area contributed by atoms with Gasteiger partial charge in [-0.2, -0.15) is 5.10 Å². The Labute approximate surface area is 247 Å². The second-order valence-electron chi connectivity index (χ2n) is 9.95. The molecule has 0 fully saturated rings. The van der Waals surface area contributed by atoms with Gasteiger partial charge in [0.2, 0.25) is 0 Å². The zero-order chi connectivity index (χ0) is 29.0. The van der Waals surface area contributed by atoms with Crippen molar-refractivity contribution in [3.63, 3.8) is 0 Å². The van der Waals surface area contributed by atoms with Crippen LogP contribution in [0, 0.1) is 0 Å². The van der Waals surface area contributed by atoms with Gasteiger partial charge in [-0.05, 0) is 76.9 Å². The Kier molecular flexibility index (Phi) is 10.2. The van der Waals surface area contributed by atoms with Crippen LogP contribution in [-0.2, 0) is 35.8 Å². The first-order chi connectivity index (χ1) is 20.7. The molecule has 42 heavy (non-hydrogen) atoms. The molecule has 4 aromatic carbocycles. The van der Waals surface area contributed by atoms with Crippen molar-refractivity contribution in [1.29, 1.82) is 0 Å². The van der Waals surface area contributed by atoms with Gasteiger partial charge in [-0.25, -0.2) is 4.68 Å². The molecule has 0 aliphatic carbocycles. The summed E-state index contributed by atoms with van der Waals surface area (Å²) in [7, 11) is 3.37. The van der Waals surface area contributed by atoms with E-state index in [1.54, 1.807) is 20.4 Å². The van der Waals surface area contributed by atoms with Gasteiger partial charge >= 0.3 is 0 Å². The Morgan fingerprint density at radius 2 is 1.21 bits per heavy atom. The van der Waals surface area contributed by atoms with Crippen LogP contribution in [0.5, 0.6) is 11.5 Å². The molecule has 0 bridgehead atoms. The number of benzene rings is 4. The van der Waals surface area contributed by atoms with E-state index in [-0.39, 0.29) is 0 Å². The zero-order valence-electron chi connectivity index (χ0n) is 24.2. The first-order valence-electron chi connectivity index (χ1n) is 14.0. The second kappa shape index (κ2) is 14.9. The normalized spacial score (nSPS) is 10.9. The SMILES string of the molecule is COc1cccc(COCCOCc2ccc(N(Cc3cccc(OC)c3)Cc3cccc(-n4cccn4)c3)cc2)c1. The minimum absolute atomic E-state index is 0.528. The molecule has 5 aromatic rings. The zero-order valence-corrected chi connectivity index (χ0v) is 24.2. The molecule has 0 saturated carbocycles. The number of rotatable bonds is 15. The molecular formula is C35H37N3O4. The summed E-state index contributed by atoms with van der Waals surface area (Å²) in [5.74, 6) is 1.69. The average molecular weight is 564 g/mol. The fraction of sp³-hybridized carbons (Fsp3) is 0.229. The summed E-state index contributed by atoms with van der Waals surface area (Å²) in [6, 6.07) is 35.1. The lowest BCUT2D eigenvalue weighted by atomic mass is 10.1. The highest BCUT2D eigenvalue weighted by molar-refractivity contribution is 5.50. The fourth-order valence-corrected chi connectivity index (χ4v) is 4.73. The Morgan fingerprint density at radius 1 is 0.619 bits per heavy atom.